The van der Waals surface area contributed by atoms with E-state index in [0.717, 1.165) is 38.5 Å². The van der Waals surface area contributed by atoms with Crippen molar-refractivity contribution in [3.05, 3.63) is 47.1 Å². The van der Waals surface area contributed by atoms with Gasteiger partial charge in [0, 0.05) is 5.56 Å². The number of fused-ring (bicyclic) bond motifs is 2. The molecule has 0 aliphatic heterocycles. The summed E-state index contributed by atoms with van der Waals surface area (Å²) in [6.45, 7) is 16.8. The molecule has 2 saturated carbocycles. The monoisotopic (exact) mass is 678 g/mol. The molecule has 0 unspecified atom stereocenters. The Morgan fingerprint density at radius 2 is 1.50 bits per heavy atom. The number of allylic oxidation sites excluding steroid dienone is 4. The summed E-state index contributed by atoms with van der Waals surface area (Å²) in [5, 5.41) is 0. The zero-order chi connectivity index (χ0) is 33.9. The van der Waals surface area contributed by atoms with E-state index in [1.807, 2.05) is 0 Å². The molecule has 1 aromatic carbocycles. The molecule has 0 aromatic heterocycles. The van der Waals surface area contributed by atoms with Crippen LogP contribution in [0.1, 0.15) is 118 Å². The second kappa shape index (κ2) is 12.2. The topological polar surface area (TPSA) is 127 Å². The summed E-state index contributed by atoms with van der Waals surface area (Å²) in [5.41, 5.74) is 3.82. The lowest BCUT2D eigenvalue weighted by Gasteiger charge is -2.56. The van der Waals surface area contributed by atoms with Gasteiger partial charge in [-0.25, -0.2) is 0 Å². The molecule has 0 spiro atoms. The third kappa shape index (κ3) is 6.96. The van der Waals surface area contributed by atoms with Gasteiger partial charge in [0.2, 0.25) is 0 Å². The molecule has 0 amide bonds. The van der Waals surface area contributed by atoms with Crippen LogP contribution in [-0.2, 0) is 27.2 Å². The van der Waals surface area contributed by atoms with Crippen LogP contribution in [0.2, 0.25) is 0 Å². The number of hydrogen-bond donors (Lipinski definition) is 2. The zero-order valence-electron chi connectivity index (χ0n) is 28.6. The van der Waals surface area contributed by atoms with Crippen molar-refractivity contribution in [1.82, 2.24) is 0 Å². The third-order valence-corrected chi connectivity index (χ3v) is 14.0. The predicted molar refractivity (Wildman–Crippen MR) is 180 cm³/mol. The van der Waals surface area contributed by atoms with Gasteiger partial charge in [0.1, 0.15) is 11.5 Å². The standard InChI is InChI=1S/C36H54O8S2/c1-24-12-15-28-30(10-8-18-33(28,3)4)35(24,6)21-20-34(5)19-9-11-31-29(34)16-13-25(2)36(31,7)23-26-22-27(43-45(37,38)39)14-17-32(26)44-46(40,41)42/h10,14,16-17,22,24-25,28,31H,8-9,11-13,15,18-21,23H2,1-7H3,(H,37,38,39)(H,40,41,42)/t24-,25+,28-,31+,34-,35+,36+/m0/s1. The first-order valence-corrected chi connectivity index (χ1v) is 19.8. The van der Waals surface area contributed by atoms with Crippen LogP contribution in [-0.4, -0.2) is 25.9 Å². The number of benzene rings is 1. The molecule has 0 saturated heterocycles. The summed E-state index contributed by atoms with van der Waals surface area (Å²) in [6.07, 6.45) is 16.8. The zero-order valence-corrected chi connectivity index (χ0v) is 30.3. The maximum Gasteiger partial charge on any atom is 0.446 e. The summed E-state index contributed by atoms with van der Waals surface area (Å²) in [6, 6.07) is 3.82. The largest absolute Gasteiger partial charge is 0.446 e. The van der Waals surface area contributed by atoms with Gasteiger partial charge in [-0.2, -0.15) is 16.8 Å². The van der Waals surface area contributed by atoms with E-state index < -0.39 is 20.8 Å². The molecule has 258 valence electrons. The Balaban J connectivity index is 1.45. The minimum absolute atomic E-state index is 0.0361. The summed E-state index contributed by atoms with van der Waals surface area (Å²) in [4.78, 5) is 0. The Hall–Kier alpha value is -1.88. The van der Waals surface area contributed by atoms with Gasteiger partial charge in [0.15, 0.2) is 0 Å². The molecule has 1 aromatic rings. The summed E-state index contributed by atoms with van der Waals surface area (Å²) in [7, 11) is -9.63. The SMILES string of the molecule is C[C@@H]1CC=C2[C@@H](CCC[C@@]2(C)CC[C@@]2(C)C3=CCCC(C)(C)[C@H]3CC[C@@H]2C)[C@]1(C)Cc1cc(OS(=O)(=O)O)ccc1OS(=O)(=O)O. The van der Waals surface area contributed by atoms with Crippen LogP contribution in [0, 0.1) is 45.3 Å². The van der Waals surface area contributed by atoms with Crippen molar-refractivity contribution in [2.45, 2.75) is 119 Å². The second-order valence-corrected chi connectivity index (χ2v) is 18.5. The maximum absolute atomic E-state index is 11.7. The fourth-order valence-corrected chi connectivity index (χ4v) is 10.6. The van der Waals surface area contributed by atoms with Crippen molar-refractivity contribution in [1.29, 1.82) is 0 Å². The van der Waals surface area contributed by atoms with E-state index in [1.54, 1.807) is 5.57 Å². The second-order valence-electron chi connectivity index (χ2n) is 16.4. The fraction of sp³-hybridized carbons (Fsp3) is 0.722. The highest BCUT2D eigenvalue weighted by molar-refractivity contribution is 7.81. The fourth-order valence-electron chi connectivity index (χ4n) is 9.91. The van der Waals surface area contributed by atoms with Gasteiger partial charge < -0.3 is 8.37 Å². The molecule has 0 radical (unpaired) electrons. The van der Waals surface area contributed by atoms with Crippen LogP contribution < -0.4 is 8.37 Å². The van der Waals surface area contributed by atoms with Gasteiger partial charge in [-0.15, -0.1) is 0 Å². The lowest BCUT2D eigenvalue weighted by molar-refractivity contribution is 0.0437. The summed E-state index contributed by atoms with van der Waals surface area (Å²) >= 11 is 0. The molecule has 7 atom stereocenters. The molecule has 0 bridgehead atoms. The van der Waals surface area contributed by atoms with Gasteiger partial charge in [-0.3, -0.25) is 9.11 Å². The average molecular weight is 679 g/mol. The van der Waals surface area contributed by atoms with Gasteiger partial charge in [0.25, 0.3) is 0 Å². The third-order valence-electron chi connectivity index (χ3n) is 13.2. The first kappa shape index (κ1) is 35.4. The Labute approximate surface area is 277 Å². The van der Waals surface area contributed by atoms with Gasteiger partial charge in [0.05, 0.1) is 0 Å². The van der Waals surface area contributed by atoms with E-state index in [4.69, 9.17) is 8.37 Å². The minimum Gasteiger partial charge on any atom is -0.362 e. The molecule has 10 heteroatoms. The van der Waals surface area contributed by atoms with Gasteiger partial charge in [-0.05, 0) is 128 Å². The van der Waals surface area contributed by atoms with E-state index in [1.165, 1.54) is 49.5 Å². The highest BCUT2D eigenvalue weighted by atomic mass is 32.3. The molecule has 4 aliphatic carbocycles. The van der Waals surface area contributed by atoms with Crippen LogP contribution in [0.3, 0.4) is 0 Å². The molecule has 2 fully saturated rings. The number of hydrogen-bond acceptors (Lipinski definition) is 6. The molecule has 0 heterocycles. The number of rotatable bonds is 9. The Bertz CT molecular complexity index is 1610. The predicted octanol–water partition coefficient (Wildman–Crippen LogP) is 8.95. The molecular weight excluding hydrogens is 625 g/mol. The van der Waals surface area contributed by atoms with Crippen molar-refractivity contribution in [2.75, 3.05) is 0 Å². The summed E-state index contributed by atoms with van der Waals surface area (Å²) < 4.78 is 74.9. The van der Waals surface area contributed by atoms with E-state index >= 15 is 0 Å². The first-order valence-electron chi connectivity index (χ1n) is 17.0. The van der Waals surface area contributed by atoms with Crippen molar-refractivity contribution >= 4 is 20.8 Å². The van der Waals surface area contributed by atoms with E-state index in [9.17, 15) is 25.9 Å². The lowest BCUT2D eigenvalue weighted by Crippen LogP contribution is -2.47. The summed E-state index contributed by atoms with van der Waals surface area (Å²) in [5.74, 6) is 1.51. The lowest BCUT2D eigenvalue weighted by atomic mass is 9.48. The van der Waals surface area contributed by atoms with E-state index in [-0.39, 0.29) is 39.6 Å². The van der Waals surface area contributed by atoms with Crippen LogP contribution in [0.4, 0.5) is 0 Å². The van der Waals surface area contributed by atoms with E-state index in [0.29, 0.717) is 29.2 Å². The van der Waals surface area contributed by atoms with Gasteiger partial charge >= 0.3 is 20.8 Å². The average Bonchev–Trinajstić information content (AvgIpc) is 2.92. The van der Waals surface area contributed by atoms with E-state index in [2.05, 4.69) is 60.6 Å². The smallest absolute Gasteiger partial charge is 0.362 e. The van der Waals surface area contributed by atoms with Crippen LogP contribution in [0.15, 0.2) is 41.5 Å². The quantitative estimate of drug-likeness (QED) is 0.196. The minimum atomic E-state index is -4.83. The van der Waals surface area contributed by atoms with Crippen molar-refractivity contribution in [3.63, 3.8) is 0 Å². The maximum atomic E-state index is 11.7. The van der Waals surface area contributed by atoms with Crippen molar-refractivity contribution in [3.8, 4) is 11.5 Å². The van der Waals surface area contributed by atoms with Crippen LogP contribution in [0.25, 0.3) is 0 Å². The normalized spacial score (nSPS) is 36.1. The molecule has 2 N–H and O–H groups in total. The van der Waals surface area contributed by atoms with Crippen LogP contribution >= 0.6 is 0 Å². The Morgan fingerprint density at radius 1 is 0.804 bits per heavy atom. The molecule has 8 nitrogen and oxygen atoms in total. The molecule has 5 rings (SSSR count). The molecular formula is C36H54O8S2. The Morgan fingerprint density at radius 3 is 2.17 bits per heavy atom. The van der Waals surface area contributed by atoms with Crippen molar-refractivity contribution in [2.24, 2.45) is 45.3 Å². The highest BCUT2D eigenvalue weighted by Gasteiger charge is 2.52. The molecule has 46 heavy (non-hydrogen) atoms. The van der Waals surface area contributed by atoms with Crippen molar-refractivity contribution < 1.29 is 34.3 Å². The Kier molecular flexibility index (Phi) is 9.41. The first-order chi connectivity index (χ1) is 21.2. The van der Waals surface area contributed by atoms with Gasteiger partial charge in [-0.1, -0.05) is 78.2 Å². The van der Waals surface area contributed by atoms with Crippen LogP contribution in [0.5, 0.6) is 11.5 Å². The molecule has 4 aliphatic rings. The highest BCUT2D eigenvalue weighted by Crippen LogP contribution is 2.62.